The van der Waals surface area contributed by atoms with E-state index in [4.69, 9.17) is 0 Å². The molecule has 0 spiro atoms. The SMILES string of the molecule is O=C(N[C@@H]1CN(CCCc2ccccc2)C[C@H]1CO)C1CCC1. The lowest BCUT2D eigenvalue weighted by Crippen LogP contribution is -2.45. The van der Waals surface area contributed by atoms with Crippen molar-refractivity contribution >= 4 is 5.91 Å². The Hall–Kier alpha value is -1.39. The van der Waals surface area contributed by atoms with Gasteiger partial charge in [-0.3, -0.25) is 4.79 Å². The van der Waals surface area contributed by atoms with E-state index < -0.39 is 0 Å². The average molecular weight is 316 g/mol. The van der Waals surface area contributed by atoms with Gasteiger partial charge in [0.2, 0.25) is 5.91 Å². The summed E-state index contributed by atoms with van der Waals surface area (Å²) in [7, 11) is 0. The number of nitrogens with zero attached hydrogens (tertiary/aromatic N) is 1. The smallest absolute Gasteiger partial charge is 0.223 e. The molecular formula is C19H28N2O2. The van der Waals surface area contributed by atoms with Gasteiger partial charge in [0.15, 0.2) is 0 Å². The average Bonchev–Trinajstić information content (AvgIpc) is 2.88. The molecule has 1 amide bonds. The zero-order chi connectivity index (χ0) is 16.1. The van der Waals surface area contributed by atoms with Crippen LogP contribution in [0.1, 0.15) is 31.2 Å². The van der Waals surface area contributed by atoms with Crippen LogP contribution in [0.15, 0.2) is 30.3 Å². The summed E-state index contributed by atoms with van der Waals surface area (Å²) in [6, 6.07) is 10.7. The van der Waals surface area contributed by atoms with Gasteiger partial charge in [-0.15, -0.1) is 0 Å². The minimum absolute atomic E-state index is 0.116. The fourth-order valence-corrected chi connectivity index (χ4v) is 3.61. The van der Waals surface area contributed by atoms with Crippen LogP contribution in [0.3, 0.4) is 0 Å². The third-order valence-corrected chi connectivity index (χ3v) is 5.34. The lowest BCUT2D eigenvalue weighted by molar-refractivity contribution is -0.128. The Kier molecular flexibility index (Phi) is 5.68. The highest BCUT2D eigenvalue weighted by molar-refractivity contribution is 5.79. The zero-order valence-corrected chi connectivity index (χ0v) is 13.8. The number of nitrogens with one attached hydrogen (secondary N) is 1. The third-order valence-electron chi connectivity index (χ3n) is 5.34. The molecule has 126 valence electrons. The van der Waals surface area contributed by atoms with Crippen molar-refractivity contribution in [1.29, 1.82) is 0 Å². The Morgan fingerprint density at radius 2 is 2.00 bits per heavy atom. The molecule has 2 fully saturated rings. The Labute approximate surface area is 138 Å². The van der Waals surface area contributed by atoms with E-state index in [1.807, 2.05) is 6.07 Å². The largest absolute Gasteiger partial charge is 0.396 e. The van der Waals surface area contributed by atoms with E-state index >= 15 is 0 Å². The van der Waals surface area contributed by atoms with Crippen LogP contribution in [-0.2, 0) is 11.2 Å². The fraction of sp³-hybridized carbons (Fsp3) is 0.632. The first-order chi connectivity index (χ1) is 11.3. The predicted octanol–water partition coefficient (Wildman–Crippen LogP) is 1.83. The molecule has 1 aliphatic heterocycles. The van der Waals surface area contributed by atoms with Crippen molar-refractivity contribution in [2.45, 2.75) is 38.1 Å². The number of benzene rings is 1. The van der Waals surface area contributed by atoms with Crippen LogP contribution in [0.5, 0.6) is 0 Å². The summed E-state index contributed by atoms with van der Waals surface area (Å²) < 4.78 is 0. The van der Waals surface area contributed by atoms with Crippen LogP contribution in [0, 0.1) is 11.8 Å². The number of hydrogen-bond donors (Lipinski definition) is 2. The van der Waals surface area contributed by atoms with E-state index in [0.29, 0.717) is 0 Å². The van der Waals surface area contributed by atoms with Gasteiger partial charge in [-0.05, 0) is 37.8 Å². The first kappa shape index (κ1) is 16.5. The molecule has 1 heterocycles. The molecule has 0 aromatic heterocycles. The van der Waals surface area contributed by atoms with E-state index in [9.17, 15) is 9.90 Å². The lowest BCUT2D eigenvalue weighted by atomic mass is 9.84. The highest BCUT2D eigenvalue weighted by atomic mass is 16.3. The third kappa shape index (κ3) is 4.33. The van der Waals surface area contributed by atoms with Crippen molar-refractivity contribution in [3.63, 3.8) is 0 Å². The summed E-state index contributed by atoms with van der Waals surface area (Å²) >= 11 is 0. The molecule has 1 aliphatic carbocycles. The van der Waals surface area contributed by atoms with E-state index in [2.05, 4.69) is 34.5 Å². The van der Waals surface area contributed by atoms with Crippen molar-refractivity contribution < 1.29 is 9.90 Å². The maximum Gasteiger partial charge on any atom is 0.223 e. The number of aryl methyl sites for hydroxylation is 1. The molecule has 2 N–H and O–H groups in total. The van der Waals surface area contributed by atoms with E-state index in [1.165, 1.54) is 12.0 Å². The van der Waals surface area contributed by atoms with Crippen LogP contribution in [-0.4, -0.2) is 48.2 Å². The zero-order valence-electron chi connectivity index (χ0n) is 13.8. The number of carbonyl (C=O) groups excluding carboxylic acids is 1. The highest BCUT2D eigenvalue weighted by Crippen LogP contribution is 2.27. The van der Waals surface area contributed by atoms with Crippen molar-refractivity contribution in [2.75, 3.05) is 26.2 Å². The summed E-state index contributed by atoms with van der Waals surface area (Å²) in [6.07, 6.45) is 5.44. The standard InChI is InChI=1S/C19H28N2O2/c22-14-17-12-21(11-5-8-15-6-2-1-3-7-15)13-18(17)20-19(23)16-9-4-10-16/h1-3,6-7,16-18,22H,4-5,8-14H2,(H,20,23)/t17-,18+/m0/s1. The maximum absolute atomic E-state index is 12.1. The second-order valence-corrected chi connectivity index (χ2v) is 7.03. The second kappa shape index (κ2) is 7.93. The van der Waals surface area contributed by atoms with Gasteiger partial charge in [0.1, 0.15) is 0 Å². The normalized spacial score (nSPS) is 25.3. The molecule has 1 aromatic carbocycles. The number of hydrogen-bond acceptors (Lipinski definition) is 3. The molecule has 0 bridgehead atoms. The quantitative estimate of drug-likeness (QED) is 0.807. The monoisotopic (exact) mass is 316 g/mol. The summed E-state index contributed by atoms with van der Waals surface area (Å²) in [5, 5.41) is 12.8. The molecule has 2 aliphatic rings. The van der Waals surface area contributed by atoms with Gasteiger partial charge in [-0.2, -0.15) is 0 Å². The van der Waals surface area contributed by atoms with Crippen molar-refractivity contribution in [2.24, 2.45) is 11.8 Å². The van der Waals surface area contributed by atoms with Gasteiger partial charge in [0, 0.05) is 37.6 Å². The van der Waals surface area contributed by atoms with Crippen LogP contribution in [0.25, 0.3) is 0 Å². The van der Waals surface area contributed by atoms with Crippen molar-refractivity contribution in [3.8, 4) is 0 Å². The number of carbonyl (C=O) groups is 1. The molecule has 4 heteroatoms. The van der Waals surface area contributed by atoms with Gasteiger partial charge < -0.3 is 15.3 Å². The maximum atomic E-state index is 12.1. The molecule has 1 aromatic rings. The Bertz CT molecular complexity index is 501. The van der Waals surface area contributed by atoms with Crippen LogP contribution < -0.4 is 5.32 Å². The van der Waals surface area contributed by atoms with E-state index in [0.717, 1.165) is 45.3 Å². The molecular weight excluding hydrogens is 288 g/mol. The van der Waals surface area contributed by atoms with Crippen molar-refractivity contribution in [3.05, 3.63) is 35.9 Å². The summed E-state index contributed by atoms with van der Waals surface area (Å²) in [5.41, 5.74) is 1.38. The highest BCUT2D eigenvalue weighted by Gasteiger charge is 2.35. The molecule has 4 nitrogen and oxygen atoms in total. The second-order valence-electron chi connectivity index (χ2n) is 7.03. The van der Waals surface area contributed by atoms with Crippen LogP contribution >= 0.6 is 0 Å². The summed E-state index contributed by atoms with van der Waals surface area (Å²) in [6.45, 7) is 2.95. The molecule has 1 saturated carbocycles. The molecule has 0 unspecified atom stereocenters. The molecule has 2 atom stereocenters. The van der Waals surface area contributed by atoms with Gasteiger partial charge in [0.05, 0.1) is 0 Å². The van der Waals surface area contributed by atoms with Gasteiger partial charge in [0.25, 0.3) is 0 Å². The predicted molar refractivity (Wildman–Crippen MR) is 91.1 cm³/mol. The first-order valence-electron chi connectivity index (χ1n) is 8.94. The summed E-state index contributed by atoms with van der Waals surface area (Å²) in [5.74, 6) is 0.600. The Morgan fingerprint density at radius 1 is 1.22 bits per heavy atom. The molecule has 23 heavy (non-hydrogen) atoms. The Balaban J connectivity index is 1.43. The van der Waals surface area contributed by atoms with Crippen molar-refractivity contribution in [1.82, 2.24) is 10.2 Å². The number of aliphatic hydroxyl groups excluding tert-OH is 1. The first-order valence-corrected chi connectivity index (χ1v) is 8.94. The van der Waals surface area contributed by atoms with Crippen LogP contribution in [0.2, 0.25) is 0 Å². The number of likely N-dealkylation sites (tertiary alicyclic amines) is 1. The van der Waals surface area contributed by atoms with Crippen LogP contribution in [0.4, 0.5) is 0 Å². The minimum Gasteiger partial charge on any atom is -0.396 e. The van der Waals surface area contributed by atoms with Gasteiger partial charge in [-0.25, -0.2) is 0 Å². The topological polar surface area (TPSA) is 52.6 Å². The van der Waals surface area contributed by atoms with Gasteiger partial charge in [-0.1, -0.05) is 36.8 Å². The lowest BCUT2D eigenvalue weighted by Gasteiger charge is -2.27. The fourth-order valence-electron chi connectivity index (χ4n) is 3.61. The molecule has 0 radical (unpaired) electrons. The Morgan fingerprint density at radius 3 is 2.65 bits per heavy atom. The number of rotatable bonds is 7. The molecule has 3 rings (SSSR count). The van der Waals surface area contributed by atoms with E-state index in [1.54, 1.807) is 0 Å². The number of aliphatic hydroxyl groups is 1. The molecule has 1 saturated heterocycles. The minimum atomic E-state index is 0.116. The van der Waals surface area contributed by atoms with E-state index in [-0.39, 0.29) is 30.4 Å². The van der Waals surface area contributed by atoms with Gasteiger partial charge >= 0.3 is 0 Å². The summed E-state index contributed by atoms with van der Waals surface area (Å²) in [4.78, 5) is 14.5. The number of amides is 1.